The number of amides is 1. The van der Waals surface area contributed by atoms with E-state index in [4.69, 9.17) is 4.74 Å². The fourth-order valence-corrected chi connectivity index (χ4v) is 3.21. The van der Waals surface area contributed by atoms with E-state index in [1.165, 1.54) is 0 Å². The molecule has 0 radical (unpaired) electrons. The Bertz CT molecular complexity index is 579. The van der Waals surface area contributed by atoms with Crippen LogP contribution in [-0.4, -0.2) is 46.8 Å². The fraction of sp³-hybridized carbons (Fsp3) is 0.429. The lowest BCUT2D eigenvalue weighted by Gasteiger charge is -2.35. The maximum atomic E-state index is 12.8. The third kappa shape index (κ3) is 2.36. The van der Waals surface area contributed by atoms with Gasteiger partial charge in [-0.15, -0.1) is 11.3 Å². The van der Waals surface area contributed by atoms with Gasteiger partial charge in [-0.2, -0.15) is 5.10 Å². The van der Waals surface area contributed by atoms with Crippen LogP contribution in [0.1, 0.15) is 23.7 Å². The van der Waals surface area contributed by atoms with Crippen molar-refractivity contribution in [3.63, 3.8) is 0 Å². The number of thiophene rings is 1. The number of nitrogens with zero attached hydrogens (tertiary/aromatic N) is 2. The molecule has 0 bridgehead atoms. The molecule has 0 unspecified atom stereocenters. The number of morpholine rings is 1. The number of nitrogens with one attached hydrogen (secondary N) is 1. The summed E-state index contributed by atoms with van der Waals surface area (Å²) < 4.78 is 5.46. The van der Waals surface area contributed by atoms with Crippen LogP contribution in [0.15, 0.2) is 23.7 Å². The minimum atomic E-state index is 0.0392. The second kappa shape index (κ2) is 5.76. The first-order valence-corrected chi connectivity index (χ1v) is 7.65. The molecule has 1 aliphatic rings. The summed E-state index contributed by atoms with van der Waals surface area (Å²) in [6.45, 7) is 3.95. The summed E-state index contributed by atoms with van der Waals surface area (Å²) in [5.74, 6) is 0.0392. The third-order valence-corrected chi connectivity index (χ3v) is 4.48. The van der Waals surface area contributed by atoms with Gasteiger partial charge in [-0.1, -0.05) is 13.0 Å². The van der Waals surface area contributed by atoms with Crippen molar-refractivity contribution in [2.45, 2.75) is 19.4 Å². The average Bonchev–Trinajstić information content (AvgIpc) is 3.16. The predicted octanol–water partition coefficient (Wildman–Crippen LogP) is 2.39. The number of ether oxygens (including phenoxy) is 1. The van der Waals surface area contributed by atoms with Crippen molar-refractivity contribution in [2.75, 3.05) is 19.8 Å². The first-order chi connectivity index (χ1) is 9.81. The van der Waals surface area contributed by atoms with Gasteiger partial charge in [0.05, 0.1) is 41.6 Å². The molecule has 1 fully saturated rings. The van der Waals surface area contributed by atoms with Gasteiger partial charge in [0, 0.05) is 6.54 Å². The number of hydrogen-bond acceptors (Lipinski definition) is 4. The number of aromatic nitrogens is 2. The largest absolute Gasteiger partial charge is 0.377 e. The van der Waals surface area contributed by atoms with Crippen molar-refractivity contribution in [3.8, 4) is 10.6 Å². The molecule has 106 valence electrons. The van der Waals surface area contributed by atoms with Crippen LogP contribution in [0.4, 0.5) is 0 Å². The maximum absolute atomic E-state index is 12.8. The minimum Gasteiger partial charge on any atom is -0.377 e. The van der Waals surface area contributed by atoms with Crippen molar-refractivity contribution in [3.05, 3.63) is 29.3 Å². The fourth-order valence-electron chi connectivity index (χ4n) is 2.47. The highest BCUT2D eigenvalue weighted by Gasteiger charge is 2.29. The molecule has 0 aromatic carbocycles. The molecule has 2 aromatic heterocycles. The maximum Gasteiger partial charge on any atom is 0.258 e. The molecule has 1 atom stereocenters. The SMILES string of the molecule is CC[C@H]1COCCN1C(=O)c1cn[nH]c1-c1cccs1. The van der Waals surface area contributed by atoms with Gasteiger partial charge in [0.25, 0.3) is 5.91 Å². The third-order valence-electron chi connectivity index (χ3n) is 3.60. The zero-order valence-electron chi connectivity index (χ0n) is 11.3. The Morgan fingerprint density at radius 3 is 3.30 bits per heavy atom. The van der Waals surface area contributed by atoms with Gasteiger partial charge in [-0.25, -0.2) is 0 Å². The summed E-state index contributed by atoms with van der Waals surface area (Å²) in [6, 6.07) is 4.12. The molecule has 1 amide bonds. The summed E-state index contributed by atoms with van der Waals surface area (Å²) in [6.07, 6.45) is 2.53. The summed E-state index contributed by atoms with van der Waals surface area (Å²) in [7, 11) is 0. The summed E-state index contributed by atoms with van der Waals surface area (Å²) >= 11 is 1.60. The van der Waals surface area contributed by atoms with E-state index in [0.29, 0.717) is 25.3 Å². The molecule has 0 saturated carbocycles. The quantitative estimate of drug-likeness (QED) is 0.944. The molecule has 1 N–H and O–H groups in total. The first kappa shape index (κ1) is 13.3. The van der Waals surface area contributed by atoms with Gasteiger partial charge in [0.2, 0.25) is 0 Å². The summed E-state index contributed by atoms with van der Waals surface area (Å²) in [5.41, 5.74) is 1.46. The molecular weight excluding hydrogens is 274 g/mol. The van der Waals surface area contributed by atoms with Crippen LogP contribution in [0.5, 0.6) is 0 Å². The van der Waals surface area contributed by atoms with Gasteiger partial charge in [0.15, 0.2) is 0 Å². The van der Waals surface area contributed by atoms with E-state index in [1.807, 2.05) is 22.4 Å². The van der Waals surface area contributed by atoms with Crippen LogP contribution in [0.2, 0.25) is 0 Å². The number of rotatable bonds is 3. The summed E-state index contributed by atoms with van der Waals surface area (Å²) in [4.78, 5) is 15.7. The topological polar surface area (TPSA) is 58.2 Å². The second-order valence-electron chi connectivity index (χ2n) is 4.77. The Morgan fingerprint density at radius 1 is 1.65 bits per heavy atom. The van der Waals surface area contributed by atoms with Crippen LogP contribution in [0.3, 0.4) is 0 Å². The van der Waals surface area contributed by atoms with E-state index < -0.39 is 0 Å². The van der Waals surface area contributed by atoms with E-state index in [9.17, 15) is 4.79 Å². The van der Waals surface area contributed by atoms with Crippen LogP contribution in [0.25, 0.3) is 10.6 Å². The lowest BCUT2D eigenvalue weighted by Crippen LogP contribution is -2.48. The molecule has 0 spiro atoms. The zero-order valence-corrected chi connectivity index (χ0v) is 12.2. The van der Waals surface area contributed by atoms with Gasteiger partial charge < -0.3 is 9.64 Å². The number of aromatic amines is 1. The van der Waals surface area contributed by atoms with Crippen LogP contribution >= 0.6 is 11.3 Å². The zero-order chi connectivity index (χ0) is 13.9. The summed E-state index contributed by atoms with van der Waals surface area (Å²) in [5, 5.41) is 8.98. The number of carbonyl (C=O) groups excluding carboxylic acids is 1. The van der Waals surface area contributed by atoms with E-state index in [2.05, 4.69) is 17.1 Å². The first-order valence-electron chi connectivity index (χ1n) is 6.77. The van der Waals surface area contributed by atoms with Gasteiger partial charge in [-0.05, 0) is 17.9 Å². The van der Waals surface area contributed by atoms with Crippen molar-refractivity contribution in [2.24, 2.45) is 0 Å². The molecule has 5 nitrogen and oxygen atoms in total. The van der Waals surface area contributed by atoms with Gasteiger partial charge in [-0.3, -0.25) is 9.89 Å². The standard InChI is InChI=1S/C14H17N3O2S/c1-2-10-9-19-6-5-17(10)14(18)11-8-15-16-13(11)12-4-3-7-20-12/h3-4,7-8,10H,2,5-6,9H2,1H3,(H,15,16)/t10-/m0/s1. The number of H-pyrrole nitrogens is 1. The van der Waals surface area contributed by atoms with E-state index >= 15 is 0 Å². The Balaban J connectivity index is 1.89. The van der Waals surface area contributed by atoms with Gasteiger partial charge in [0.1, 0.15) is 0 Å². The molecule has 3 rings (SSSR count). The molecule has 3 heterocycles. The Labute approximate surface area is 121 Å². The van der Waals surface area contributed by atoms with E-state index in [0.717, 1.165) is 17.0 Å². The average molecular weight is 291 g/mol. The van der Waals surface area contributed by atoms with Crippen molar-refractivity contribution >= 4 is 17.2 Å². The van der Waals surface area contributed by atoms with Crippen LogP contribution < -0.4 is 0 Å². The predicted molar refractivity (Wildman–Crippen MR) is 77.8 cm³/mol. The number of carbonyl (C=O) groups is 1. The highest BCUT2D eigenvalue weighted by molar-refractivity contribution is 7.13. The van der Waals surface area contributed by atoms with Crippen LogP contribution in [-0.2, 0) is 4.74 Å². The lowest BCUT2D eigenvalue weighted by molar-refractivity contribution is -0.00275. The molecule has 2 aromatic rings. The minimum absolute atomic E-state index is 0.0392. The smallest absolute Gasteiger partial charge is 0.258 e. The second-order valence-corrected chi connectivity index (χ2v) is 5.72. The Kier molecular flexibility index (Phi) is 3.84. The van der Waals surface area contributed by atoms with E-state index in [1.54, 1.807) is 17.5 Å². The molecule has 20 heavy (non-hydrogen) atoms. The molecule has 6 heteroatoms. The van der Waals surface area contributed by atoms with Crippen molar-refractivity contribution in [1.29, 1.82) is 0 Å². The van der Waals surface area contributed by atoms with E-state index in [-0.39, 0.29) is 11.9 Å². The van der Waals surface area contributed by atoms with Crippen molar-refractivity contribution in [1.82, 2.24) is 15.1 Å². The highest BCUT2D eigenvalue weighted by atomic mass is 32.1. The molecule has 1 saturated heterocycles. The highest BCUT2D eigenvalue weighted by Crippen LogP contribution is 2.27. The lowest BCUT2D eigenvalue weighted by atomic mass is 10.1. The molecular formula is C14H17N3O2S. The molecule has 1 aliphatic heterocycles. The Hall–Kier alpha value is -1.66. The monoisotopic (exact) mass is 291 g/mol. The Morgan fingerprint density at radius 2 is 2.55 bits per heavy atom. The number of hydrogen-bond donors (Lipinski definition) is 1. The normalized spacial score (nSPS) is 19.2. The van der Waals surface area contributed by atoms with Crippen molar-refractivity contribution < 1.29 is 9.53 Å². The molecule has 0 aliphatic carbocycles. The van der Waals surface area contributed by atoms with Crippen LogP contribution in [0, 0.1) is 0 Å². The van der Waals surface area contributed by atoms with Gasteiger partial charge >= 0.3 is 0 Å².